The van der Waals surface area contributed by atoms with Gasteiger partial charge in [0.25, 0.3) is 0 Å². The summed E-state index contributed by atoms with van der Waals surface area (Å²) in [4.78, 5) is 10.9. The predicted octanol–water partition coefficient (Wildman–Crippen LogP) is -1.61. The van der Waals surface area contributed by atoms with Gasteiger partial charge in [0.05, 0.1) is 4.90 Å². The molecule has 0 amide bonds. The molecule has 0 N–H and O–H groups in total. The monoisotopic (exact) mass is 208 g/mol. The van der Waals surface area contributed by atoms with Gasteiger partial charge in [0.2, 0.25) is 11.1 Å². The van der Waals surface area contributed by atoms with Gasteiger partial charge < -0.3 is 5.61 Å². The molecule has 0 aliphatic carbocycles. The zero-order chi connectivity index (χ0) is 8.97. The molecule has 1 aromatic rings. The Kier molecular flexibility index (Phi) is 6.24. The van der Waals surface area contributed by atoms with E-state index in [0.717, 1.165) is 0 Å². The molecule has 0 saturated heterocycles. The van der Waals surface area contributed by atoms with Crippen LogP contribution in [0.15, 0.2) is 35.2 Å². The Morgan fingerprint density at radius 1 is 1.38 bits per heavy atom. The zero-order valence-corrected chi connectivity index (χ0v) is 10.3. The van der Waals surface area contributed by atoms with E-state index in [1.54, 1.807) is 30.3 Å². The molecule has 0 aromatic heterocycles. The number of carbonyl (C=O) groups excluding carboxylic acids is 1. The zero-order valence-electron chi connectivity index (χ0n) is 8.52. The van der Waals surface area contributed by atoms with E-state index in [1.807, 2.05) is 0 Å². The van der Waals surface area contributed by atoms with Crippen LogP contribution < -0.4 is 29.6 Å². The van der Waals surface area contributed by atoms with E-state index in [-0.39, 0.29) is 31.0 Å². The molecule has 0 radical (unpaired) electrons. The van der Waals surface area contributed by atoms with Crippen LogP contribution in [-0.2, 0) is 20.1 Å². The van der Waals surface area contributed by atoms with Crippen LogP contribution in [-0.4, -0.2) is 10.2 Å². The summed E-state index contributed by atoms with van der Waals surface area (Å²) in [5, 5.41) is 0. The summed E-state index contributed by atoms with van der Waals surface area (Å²) in [5.74, 6) is -0.544. The topological polar surface area (TPSA) is 43.4 Å². The Morgan fingerprint density at radius 3 is 2.38 bits per heavy atom. The van der Waals surface area contributed by atoms with E-state index < -0.39 is 17.0 Å². The van der Waals surface area contributed by atoms with Crippen LogP contribution in [0.5, 0.6) is 0 Å². The maximum Gasteiger partial charge on any atom is 1.00 e. The Balaban J connectivity index is 0. The van der Waals surface area contributed by atoms with Crippen LogP contribution in [0.3, 0.4) is 0 Å². The van der Waals surface area contributed by atoms with Gasteiger partial charge in [-0.05, 0) is 12.1 Å². The van der Waals surface area contributed by atoms with Crippen LogP contribution in [0.25, 0.3) is 0 Å². The van der Waals surface area contributed by atoms with E-state index in [1.165, 1.54) is 6.92 Å². The SMILES string of the molecule is CC(=O)OS(=O)c1ccccc1.[H-].[Na+]. The molecule has 66 valence electrons. The van der Waals surface area contributed by atoms with Crippen molar-refractivity contribution in [1.29, 1.82) is 0 Å². The molecule has 1 unspecified atom stereocenters. The predicted molar refractivity (Wildman–Crippen MR) is 45.7 cm³/mol. The van der Waals surface area contributed by atoms with E-state index in [4.69, 9.17) is 0 Å². The molecule has 0 spiro atoms. The van der Waals surface area contributed by atoms with Crippen molar-refractivity contribution in [3.63, 3.8) is 0 Å². The Labute approximate surface area is 103 Å². The molecular formula is C8H9NaO3S. The molecule has 3 nitrogen and oxygen atoms in total. The van der Waals surface area contributed by atoms with Gasteiger partial charge in [0.1, 0.15) is 0 Å². The smallest absolute Gasteiger partial charge is 1.00 e. The van der Waals surface area contributed by atoms with Crippen LogP contribution in [0.4, 0.5) is 0 Å². The van der Waals surface area contributed by atoms with Gasteiger partial charge in [0.15, 0.2) is 0 Å². The second-order valence-electron chi connectivity index (χ2n) is 2.12. The molecule has 1 rings (SSSR count). The maximum absolute atomic E-state index is 11.1. The fourth-order valence-electron chi connectivity index (χ4n) is 0.686. The molecule has 0 fully saturated rings. The molecule has 0 saturated carbocycles. The van der Waals surface area contributed by atoms with E-state index >= 15 is 0 Å². The van der Waals surface area contributed by atoms with Crippen molar-refractivity contribution in [2.24, 2.45) is 0 Å². The second-order valence-corrected chi connectivity index (χ2v) is 3.23. The first kappa shape index (κ1) is 12.8. The summed E-state index contributed by atoms with van der Waals surface area (Å²) >= 11 is -1.66. The van der Waals surface area contributed by atoms with Gasteiger partial charge in [-0.25, -0.2) is 4.21 Å². The minimum atomic E-state index is -1.66. The van der Waals surface area contributed by atoms with Crippen molar-refractivity contribution in [2.75, 3.05) is 0 Å². The third-order valence-electron chi connectivity index (χ3n) is 1.13. The summed E-state index contributed by atoms with van der Waals surface area (Å²) in [5.41, 5.74) is 0. The Hall–Kier alpha value is -0.160. The average molecular weight is 208 g/mol. The second kappa shape index (κ2) is 6.32. The molecule has 1 atom stereocenters. The number of carbonyl (C=O) groups is 1. The molecular weight excluding hydrogens is 199 g/mol. The Morgan fingerprint density at radius 2 is 1.92 bits per heavy atom. The Bertz CT molecular complexity index is 305. The van der Waals surface area contributed by atoms with Crippen molar-refractivity contribution in [2.45, 2.75) is 11.8 Å². The van der Waals surface area contributed by atoms with Gasteiger partial charge in [0, 0.05) is 6.92 Å². The number of rotatable bonds is 2. The minimum Gasteiger partial charge on any atom is -1.00 e. The third-order valence-corrected chi connectivity index (χ3v) is 2.17. The fraction of sp³-hybridized carbons (Fsp3) is 0.125. The first-order valence-corrected chi connectivity index (χ1v) is 4.43. The van der Waals surface area contributed by atoms with E-state index in [2.05, 4.69) is 4.18 Å². The van der Waals surface area contributed by atoms with Crippen molar-refractivity contribution in [3.05, 3.63) is 30.3 Å². The van der Waals surface area contributed by atoms with Gasteiger partial charge in [-0.1, -0.05) is 18.2 Å². The van der Waals surface area contributed by atoms with Gasteiger partial charge in [-0.15, -0.1) is 0 Å². The number of hydrogen-bond acceptors (Lipinski definition) is 3. The summed E-state index contributed by atoms with van der Waals surface area (Å²) in [6.07, 6.45) is 0. The van der Waals surface area contributed by atoms with Gasteiger partial charge >= 0.3 is 35.5 Å². The summed E-state index contributed by atoms with van der Waals surface area (Å²) in [6, 6.07) is 8.54. The molecule has 0 heterocycles. The largest absolute Gasteiger partial charge is 1.00 e. The van der Waals surface area contributed by atoms with E-state index in [9.17, 15) is 9.00 Å². The van der Waals surface area contributed by atoms with Crippen molar-refractivity contribution in [1.82, 2.24) is 0 Å². The van der Waals surface area contributed by atoms with Gasteiger partial charge in [-0.3, -0.25) is 4.79 Å². The van der Waals surface area contributed by atoms with E-state index in [0.29, 0.717) is 4.90 Å². The van der Waals surface area contributed by atoms with Crippen LogP contribution in [0.1, 0.15) is 8.35 Å². The summed E-state index contributed by atoms with van der Waals surface area (Å²) in [7, 11) is 0. The van der Waals surface area contributed by atoms with Crippen molar-refractivity contribution in [3.8, 4) is 0 Å². The maximum atomic E-state index is 11.1. The first-order chi connectivity index (χ1) is 5.70. The standard InChI is InChI=1S/C8H8O3S.Na.H/c1-7(9)11-12(10)8-5-3-2-4-6-8;;/h2-6H,1H3;;/q;+1;-1. The number of benzene rings is 1. The molecule has 5 heteroatoms. The van der Waals surface area contributed by atoms with Gasteiger partial charge in [-0.2, -0.15) is 0 Å². The van der Waals surface area contributed by atoms with Crippen molar-refractivity contribution < 1.29 is 44.2 Å². The van der Waals surface area contributed by atoms with Crippen molar-refractivity contribution >= 4 is 17.0 Å². The first-order valence-electron chi connectivity index (χ1n) is 3.36. The summed E-state index contributed by atoms with van der Waals surface area (Å²) < 4.78 is 15.6. The van der Waals surface area contributed by atoms with Crippen LogP contribution in [0.2, 0.25) is 0 Å². The minimum absolute atomic E-state index is 0. The molecule has 0 aliphatic rings. The fourth-order valence-corrected chi connectivity index (χ4v) is 1.38. The molecule has 0 aliphatic heterocycles. The van der Waals surface area contributed by atoms with Crippen LogP contribution in [0, 0.1) is 0 Å². The average Bonchev–Trinajstić information content (AvgIpc) is 2.05. The quantitative estimate of drug-likeness (QED) is 0.549. The molecule has 13 heavy (non-hydrogen) atoms. The molecule has 1 aromatic carbocycles. The number of hydrogen-bond donors (Lipinski definition) is 0. The summed E-state index contributed by atoms with van der Waals surface area (Å²) in [6.45, 7) is 1.22. The normalized spacial score (nSPS) is 11.2. The third kappa shape index (κ3) is 4.57. The van der Waals surface area contributed by atoms with Crippen LogP contribution >= 0.6 is 0 Å². The molecule has 0 bridgehead atoms.